The number of benzene rings is 1. The van der Waals surface area contributed by atoms with Gasteiger partial charge in [-0.3, -0.25) is 9.89 Å². The van der Waals surface area contributed by atoms with E-state index < -0.39 is 0 Å². The van der Waals surface area contributed by atoms with Gasteiger partial charge in [0.2, 0.25) is 5.91 Å². The number of hydrogen-bond acceptors (Lipinski definition) is 3. The Bertz CT molecular complexity index is 551. The second kappa shape index (κ2) is 7.14. The topological polar surface area (TPSA) is 57.8 Å². The summed E-state index contributed by atoms with van der Waals surface area (Å²) in [5.41, 5.74) is 2.25. The summed E-state index contributed by atoms with van der Waals surface area (Å²) >= 11 is 1.60. The molecule has 2 rings (SSSR count). The molecule has 5 heteroatoms. The average Bonchev–Trinajstić information content (AvgIpc) is 2.88. The molecule has 0 spiro atoms. The molecule has 0 atom stereocenters. The van der Waals surface area contributed by atoms with Gasteiger partial charge in [0, 0.05) is 17.5 Å². The van der Waals surface area contributed by atoms with E-state index in [0.29, 0.717) is 17.5 Å². The van der Waals surface area contributed by atoms with Gasteiger partial charge < -0.3 is 5.32 Å². The molecule has 0 fully saturated rings. The third-order valence-electron chi connectivity index (χ3n) is 2.83. The highest BCUT2D eigenvalue weighted by molar-refractivity contribution is 7.99. The Labute approximate surface area is 123 Å². The lowest BCUT2D eigenvalue weighted by Crippen LogP contribution is -2.14. The number of carbonyl (C=O) groups excluding carboxylic acids is 1. The number of aromatic nitrogens is 2. The highest BCUT2D eigenvalue weighted by atomic mass is 32.2. The first kappa shape index (κ1) is 14.7. The molecule has 2 N–H and O–H groups in total. The van der Waals surface area contributed by atoms with Crippen LogP contribution in [0.2, 0.25) is 0 Å². The third-order valence-corrected chi connectivity index (χ3v) is 3.84. The molecule has 0 aliphatic rings. The Kier molecular flexibility index (Phi) is 5.24. The van der Waals surface area contributed by atoms with Crippen LogP contribution in [0.4, 0.5) is 5.82 Å². The van der Waals surface area contributed by atoms with E-state index in [-0.39, 0.29) is 5.91 Å². The van der Waals surface area contributed by atoms with E-state index in [1.165, 1.54) is 5.56 Å². The first-order valence-electron chi connectivity index (χ1n) is 6.62. The van der Waals surface area contributed by atoms with Crippen LogP contribution in [0.15, 0.2) is 36.4 Å². The fourth-order valence-electron chi connectivity index (χ4n) is 1.71. The number of carbonyl (C=O) groups is 1. The maximum Gasteiger partial charge on any atom is 0.235 e. The van der Waals surface area contributed by atoms with Crippen molar-refractivity contribution in [2.45, 2.75) is 25.5 Å². The monoisotopic (exact) mass is 289 g/mol. The van der Waals surface area contributed by atoms with Crippen molar-refractivity contribution in [2.24, 2.45) is 0 Å². The number of H-pyrrole nitrogens is 1. The van der Waals surface area contributed by atoms with Gasteiger partial charge in [0.15, 0.2) is 5.82 Å². The summed E-state index contributed by atoms with van der Waals surface area (Å²) in [6.45, 7) is 4.16. The Balaban J connectivity index is 1.75. The van der Waals surface area contributed by atoms with Crippen molar-refractivity contribution in [2.75, 3.05) is 11.1 Å². The standard InChI is InChI=1S/C15H19N3OS/c1-11(2)13-8-14(18-17-13)16-15(19)10-20-9-12-6-4-3-5-7-12/h3-8,11H,9-10H2,1-2H3,(H2,16,17,18,19). The molecule has 1 heterocycles. The summed E-state index contributed by atoms with van der Waals surface area (Å²) < 4.78 is 0. The molecule has 1 aromatic heterocycles. The fraction of sp³-hybridized carbons (Fsp3) is 0.333. The Hall–Kier alpha value is -1.75. The molecule has 106 valence electrons. The minimum Gasteiger partial charge on any atom is -0.308 e. The number of aromatic amines is 1. The largest absolute Gasteiger partial charge is 0.308 e. The van der Waals surface area contributed by atoms with Crippen LogP contribution in [0.5, 0.6) is 0 Å². The first-order valence-corrected chi connectivity index (χ1v) is 7.77. The van der Waals surface area contributed by atoms with Gasteiger partial charge in [-0.05, 0) is 11.5 Å². The van der Waals surface area contributed by atoms with Crippen LogP contribution >= 0.6 is 11.8 Å². The Morgan fingerprint density at radius 2 is 2.10 bits per heavy atom. The molecule has 1 aromatic carbocycles. The minimum atomic E-state index is -0.0206. The summed E-state index contributed by atoms with van der Waals surface area (Å²) in [7, 11) is 0. The van der Waals surface area contributed by atoms with Gasteiger partial charge in [-0.1, -0.05) is 44.2 Å². The van der Waals surface area contributed by atoms with Crippen molar-refractivity contribution in [3.8, 4) is 0 Å². The van der Waals surface area contributed by atoms with Crippen molar-refractivity contribution >= 4 is 23.5 Å². The predicted molar refractivity (Wildman–Crippen MR) is 83.9 cm³/mol. The van der Waals surface area contributed by atoms with E-state index in [4.69, 9.17) is 0 Å². The smallest absolute Gasteiger partial charge is 0.235 e. The van der Waals surface area contributed by atoms with Gasteiger partial charge in [0.05, 0.1) is 5.75 Å². The number of amides is 1. The van der Waals surface area contributed by atoms with Crippen LogP contribution < -0.4 is 5.32 Å². The maximum absolute atomic E-state index is 11.8. The van der Waals surface area contributed by atoms with E-state index in [0.717, 1.165) is 11.4 Å². The number of anilines is 1. The van der Waals surface area contributed by atoms with Gasteiger partial charge in [-0.25, -0.2) is 0 Å². The maximum atomic E-state index is 11.8. The second-order valence-electron chi connectivity index (χ2n) is 4.89. The lowest BCUT2D eigenvalue weighted by Gasteiger charge is -2.02. The zero-order valence-electron chi connectivity index (χ0n) is 11.7. The van der Waals surface area contributed by atoms with E-state index >= 15 is 0 Å². The zero-order chi connectivity index (χ0) is 14.4. The molecule has 2 aromatic rings. The van der Waals surface area contributed by atoms with Crippen LogP contribution in [0.1, 0.15) is 31.0 Å². The molecule has 0 aliphatic carbocycles. The quantitative estimate of drug-likeness (QED) is 0.857. The summed E-state index contributed by atoms with van der Waals surface area (Å²) in [5.74, 6) is 2.22. The average molecular weight is 289 g/mol. The Morgan fingerprint density at radius 1 is 1.35 bits per heavy atom. The molecular weight excluding hydrogens is 270 g/mol. The number of thioether (sulfide) groups is 1. The molecule has 0 radical (unpaired) electrons. The van der Waals surface area contributed by atoms with Crippen molar-refractivity contribution in [3.05, 3.63) is 47.7 Å². The molecule has 1 amide bonds. The van der Waals surface area contributed by atoms with E-state index in [9.17, 15) is 4.79 Å². The van der Waals surface area contributed by atoms with Crippen molar-refractivity contribution < 1.29 is 4.79 Å². The highest BCUT2D eigenvalue weighted by Crippen LogP contribution is 2.16. The van der Waals surface area contributed by atoms with Gasteiger partial charge in [0.1, 0.15) is 0 Å². The van der Waals surface area contributed by atoms with Gasteiger partial charge >= 0.3 is 0 Å². The lowest BCUT2D eigenvalue weighted by atomic mass is 10.1. The van der Waals surface area contributed by atoms with Crippen LogP contribution in [0, 0.1) is 0 Å². The summed E-state index contributed by atoms with van der Waals surface area (Å²) in [4.78, 5) is 11.8. The lowest BCUT2D eigenvalue weighted by molar-refractivity contribution is -0.113. The van der Waals surface area contributed by atoms with E-state index in [2.05, 4.69) is 41.5 Å². The van der Waals surface area contributed by atoms with Gasteiger partial charge in [-0.15, -0.1) is 11.8 Å². The molecule has 0 saturated heterocycles. The number of rotatable bonds is 6. The van der Waals surface area contributed by atoms with Crippen LogP contribution in [0.3, 0.4) is 0 Å². The normalized spacial score (nSPS) is 10.8. The molecule has 0 saturated carbocycles. The Morgan fingerprint density at radius 3 is 2.75 bits per heavy atom. The third kappa shape index (κ3) is 4.42. The molecule has 0 aliphatic heterocycles. The van der Waals surface area contributed by atoms with Crippen LogP contribution in [0.25, 0.3) is 0 Å². The second-order valence-corrected chi connectivity index (χ2v) is 5.88. The van der Waals surface area contributed by atoms with E-state index in [1.807, 2.05) is 24.3 Å². The van der Waals surface area contributed by atoms with Crippen molar-refractivity contribution in [1.82, 2.24) is 10.2 Å². The van der Waals surface area contributed by atoms with Crippen molar-refractivity contribution in [3.63, 3.8) is 0 Å². The summed E-state index contributed by atoms with van der Waals surface area (Å²) in [5, 5.41) is 9.80. The summed E-state index contributed by atoms with van der Waals surface area (Å²) in [6, 6.07) is 12.0. The molecule has 20 heavy (non-hydrogen) atoms. The first-order chi connectivity index (χ1) is 9.65. The van der Waals surface area contributed by atoms with Gasteiger partial charge in [-0.2, -0.15) is 5.10 Å². The zero-order valence-corrected chi connectivity index (χ0v) is 12.5. The number of nitrogens with one attached hydrogen (secondary N) is 2. The minimum absolute atomic E-state index is 0.0206. The number of hydrogen-bond donors (Lipinski definition) is 2. The summed E-state index contributed by atoms with van der Waals surface area (Å²) in [6.07, 6.45) is 0. The molecule has 4 nitrogen and oxygen atoms in total. The highest BCUT2D eigenvalue weighted by Gasteiger charge is 2.08. The SMILES string of the molecule is CC(C)c1cc(NC(=O)CSCc2ccccc2)n[nH]1. The van der Waals surface area contributed by atoms with E-state index in [1.54, 1.807) is 11.8 Å². The molecule has 0 unspecified atom stereocenters. The van der Waals surface area contributed by atoms with Crippen LogP contribution in [-0.2, 0) is 10.5 Å². The predicted octanol–water partition coefficient (Wildman–Crippen LogP) is 3.41. The van der Waals surface area contributed by atoms with Crippen molar-refractivity contribution in [1.29, 1.82) is 0 Å². The number of nitrogens with zero attached hydrogens (tertiary/aromatic N) is 1. The van der Waals surface area contributed by atoms with Gasteiger partial charge in [0.25, 0.3) is 0 Å². The fourth-order valence-corrected chi connectivity index (χ4v) is 2.50. The van der Waals surface area contributed by atoms with Crippen LogP contribution in [-0.4, -0.2) is 21.9 Å². The molecule has 0 bridgehead atoms. The molecular formula is C15H19N3OS.